The van der Waals surface area contributed by atoms with Crippen molar-refractivity contribution in [2.45, 2.75) is 38.5 Å². The molecule has 1 aromatic rings. The fourth-order valence-corrected chi connectivity index (χ4v) is 3.62. The average molecular weight is 339 g/mol. The Morgan fingerprint density at radius 1 is 1.22 bits per heavy atom. The number of rotatable bonds is 5. The van der Waals surface area contributed by atoms with E-state index in [1.54, 1.807) is 24.3 Å². The third-order valence-electron chi connectivity index (χ3n) is 4.19. The standard InChI is InChI=1S/C17H25NO4S/c1-13(2)17(19)18-10-8-15(9-11-18)12-22-23(20,21)16-6-4-14(3)5-7-16/h4-7,13,15H,8-12H2,1-3H3. The van der Waals surface area contributed by atoms with Crippen molar-refractivity contribution in [3.8, 4) is 0 Å². The van der Waals surface area contributed by atoms with Gasteiger partial charge in [-0.15, -0.1) is 0 Å². The van der Waals surface area contributed by atoms with Gasteiger partial charge < -0.3 is 4.90 Å². The molecule has 0 aliphatic carbocycles. The van der Waals surface area contributed by atoms with Crippen LogP contribution in [0.15, 0.2) is 29.2 Å². The molecule has 0 bridgehead atoms. The van der Waals surface area contributed by atoms with Crippen LogP contribution in [0.1, 0.15) is 32.3 Å². The highest BCUT2D eigenvalue weighted by Gasteiger charge is 2.26. The van der Waals surface area contributed by atoms with Crippen molar-refractivity contribution < 1.29 is 17.4 Å². The van der Waals surface area contributed by atoms with E-state index in [4.69, 9.17) is 4.18 Å². The molecular weight excluding hydrogens is 314 g/mol. The highest BCUT2D eigenvalue weighted by Crippen LogP contribution is 2.21. The lowest BCUT2D eigenvalue weighted by molar-refractivity contribution is -0.136. The van der Waals surface area contributed by atoms with Gasteiger partial charge in [0.1, 0.15) is 0 Å². The predicted octanol–water partition coefficient (Wildman–Crippen LogP) is 2.59. The van der Waals surface area contributed by atoms with Crippen LogP contribution in [-0.2, 0) is 19.1 Å². The molecule has 1 saturated heterocycles. The summed E-state index contributed by atoms with van der Waals surface area (Å²) in [6, 6.07) is 6.64. The van der Waals surface area contributed by atoms with E-state index in [9.17, 15) is 13.2 Å². The smallest absolute Gasteiger partial charge is 0.296 e. The van der Waals surface area contributed by atoms with E-state index in [-0.39, 0.29) is 29.2 Å². The Kier molecular flexibility index (Phi) is 5.81. The first-order valence-electron chi connectivity index (χ1n) is 8.04. The van der Waals surface area contributed by atoms with Gasteiger partial charge in [0.2, 0.25) is 5.91 Å². The molecule has 1 aromatic carbocycles. The van der Waals surface area contributed by atoms with E-state index in [0.29, 0.717) is 13.1 Å². The Balaban J connectivity index is 1.85. The zero-order valence-electron chi connectivity index (χ0n) is 14.0. The second kappa shape index (κ2) is 7.45. The van der Waals surface area contributed by atoms with Gasteiger partial charge in [0.05, 0.1) is 11.5 Å². The summed E-state index contributed by atoms with van der Waals surface area (Å²) < 4.78 is 29.5. The Hall–Kier alpha value is -1.40. The van der Waals surface area contributed by atoms with E-state index in [1.807, 2.05) is 25.7 Å². The summed E-state index contributed by atoms with van der Waals surface area (Å²) in [6.07, 6.45) is 1.56. The van der Waals surface area contributed by atoms with E-state index >= 15 is 0 Å². The van der Waals surface area contributed by atoms with Crippen molar-refractivity contribution in [1.29, 1.82) is 0 Å². The molecule has 6 heteroatoms. The van der Waals surface area contributed by atoms with Crippen LogP contribution in [0.2, 0.25) is 0 Å². The predicted molar refractivity (Wildman–Crippen MR) is 88.5 cm³/mol. The summed E-state index contributed by atoms with van der Waals surface area (Å²) in [5.74, 6) is 0.341. The molecule has 1 aliphatic rings. The SMILES string of the molecule is Cc1ccc(S(=O)(=O)OCC2CCN(C(=O)C(C)C)CC2)cc1. The van der Waals surface area contributed by atoms with Crippen LogP contribution in [0.4, 0.5) is 0 Å². The number of likely N-dealkylation sites (tertiary alicyclic amines) is 1. The second-order valence-corrected chi connectivity index (χ2v) is 8.09. The molecule has 0 saturated carbocycles. The summed E-state index contributed by atoms with van der Waals surface area (Å²) in [5.41, 5.74) is 1.01. The molecule has 0 aromatic heterocycles. The topological polar surface area (TPSA) is 63.7 Å². The molecule has 1 heterocycles. The number of amides is 1. The molecule has 1 amide bonds. The maximum atomic E-state index is 12.2. The van der Waals surface area contributed by atoms with Crippen LogP contribution in [-0.4, -0.2) is 38.9 Å². The van der Waals surface area contributed by atoms with Crippen molar-refractivity contribution >= 4 is 16.0 Å². The van der Waals surface area contributed by atoms with E-state index in [2.05, 4.69) is 0 Å². The van der Waals surface area contributed by atoms with Crippen LogP contribution < -0.4 is 0 Å². The molecule has 128 valence electrons. The Morgan fingerprint density at radius 2 is 1.78 bits per heavy atom. The first-order chi connectivity index (χ1) is 10.8. The van der Waals surface area contributed by atoms with E-state index < -0.39 is 10.1 Å². The second-order valence-electron chi connectivity index (χ2n) is 6.48. The molecule has 0 atom stereocenters. The number of carbonyl (C=O) groups is 1. The molecule has 23 heavy (non-hydrogen) atoms. The normalized spacial score (nSPS) is 16.8. The molecule has 5 nitrogen and oxygen atoms in total. The minimum absolute atomic E-state index is 0.00437. The largest absolute Gasteiger partial charge is 0.342 e. The minimum atomic E-state index is -3.70. The van der Waals surface area contributed by atoms with Gasteiger partial charge in [0.25, 0.3) is 10.1 Å². The van der Waals surface area contributed by atoms with Crippen molar-refractivity contribution in [2.75, 3.05) is 19.7 Å². The van der Waals surface area contributed by atoms with Gasteiger partial charge in [-0.25, -0.2) is 0 Å². The lowest BCUT2D eigenvalue weighted by atomic mass is 9.97. The first-order valence-corrected chi connectivity index (χ1v) is 9.45. The molecule has 1 fully saturated rings. The van der Waals surface area contributed by atoms with Crippen LogP contribution in [0.25, 0.3) is 0 Å². The Bertz CT molecular complexity index is 629. The van der Waals surface area contributed by atoms with Gasteiger partial charge in [0.15, 0.2) is 0 Å². The number of carbonyl (C=O) groups excluding carboxylic acids is 1. The lowest BCUT2D eigenvalue weighted by Gasteiger charge is -2.32. The van der Waals surface area contributed by atoms with Crippen LogP contribution in [0.5, 0.6) is 0 Å². The fourth-order valence-electron chi connectivity index (χ4n) is 2.64. The van der Waals surface area contributed by atoms with Crippen LogP contribution in [0.3, 0.4) is 0 Å². The van der Waals surface area contributed by atoms with Crippen molar-refractivity contribution in [3.05, 3.63) is 29.8 Å². The first kappa shape index (κ1) is 17.9. The van der Waals surface area contributed by atoms with Crippen molar-refractivity contribution in [1.82, 2.24) is 4.90 Å². The Labute approximate surface area is 138 Å². The van der Waals surface area contributed by atoms with Crippen LogP contribution >= 0.6 is 0 Å². The number of hydrogen-bond donors (Lipinski definition) is 0. The number of aryl methyl sites for hydroxylation is 1. The minimum Gasteiger partial charge on any atom is -0.342 e. The van der Waals surface area contributed by atoms with Crippen LogP contribution in [0, 0.1) is 18.8 Å². The third-order valence-corrected chi connectivity index (χ3v) is 5.48. The van der Waals surface area contributed by atoms with Gasteiger partial charge in [-0.05, 0) is 37.8 Å². The highest BCUT2D eigenvalue weighted by molar-refractivity contribution is 7.86. The number of benzene rings is 1. The van der Waals surface area contributed by atoms with Gasteiger partial charge in [0, 0.05) is 19.0 Å². The number of piperidine rings is 1. The monoisotopic (exact) mass is 339 g/mol. The van der Waals surface area contributed by atoms with Gasteiger partial charge in [-0.1, -0.05) is 31.5 Å². The maximum absolute atomic E-state index is 12.2. The number of nitrogens with zero attached hydrogens (tertiary/aromatic N) is 1. The van der Waals surface area contributed by atoms with Crippen molar-refractivity contribution in [3.63, 3.8) is 0 Å². The summed E-state index contributed by atoms with van der Waals surface area (Å²) in [7, 11) is -3.70. The molecule has 0 radical (unpaired) electrons. The number of hydrogen-bond acceptors (Lipinski definition) is 4. The summed E-state index contributed by atoms with van der Waals surface area (Å²) in [6.45, 7) is 7.23. The summed E-state index contributed by atoms with van der Waals surface area (Å²) in [5, 5.41) is 0. The summed E-state index contributed by atoms with van der Waals surface area (Å²) in [4.78, 5) is 14.0. The van der Waals surface area contributed by atoms with Gasteiger partial charge in [-0.2, -0.15) is 8.42 Å². The average Bonchev–Trinajstić information content (AvgIpc) is 2.53. The Morgan fingerprint density at radius 3 is 2.30 bits per heavy atom. The zero-order valence-corrected chi connectivity index (χ0v) is 14.8. The molecular formula is C17H25NO4S. The van der Waals surface area contributed by atoms with Crippen molar-refractivity contribution in [2.24, 2.45) is 11.8 Å². The van der Waals surface area contributed by atoms with E-state index in [1.165, 1.54) is 0 Å². The highest BCUT2D eigenvalue weighted by atomic mass is 32.2. The summed E-state index contributed by atoms with van der Waals surface area (Å²) >= 11 is 0. The van der Waals surface area contributed by atoms with E-state index in [0.717, 1.165) is 18.4 Å². The lowest BCUT2D eigenvalue weighted by Crippen LogP contribution is -2.41. The maximum Gasteiger partial charge on any atom is 0.296 e. The fraction of sp³-hybridized carbons (Fsp3) is 0.588. The molecule has 0 spiro atoms. The quantitative estimate of drug-likeness (QED) is 0.774. The molecule has 1 aliphatic heterocycles. The molecule has 0 unspecified atom stereocenters. The zero-order chi connectivity index (χ0) is 17.0. The van der Waals surface area contributed by atoms with Gasteiger partial charge in [-0.3, -0.25) is 8.98 Å². The molecule has 0 N–H and O–H groups in total. The van der Waals surface area contributed by atoms with Gasteiger partial charge >= 0.3 is 0 Å². The third kappa shape index (κ3) is 4.78. The molecule has 2 rings (SSSR count).